The molecule has 162 valence electrons. The molecule has 1 unspecified atom stereocenters. The second kappa shape index (κ2) is 8.11. The van der Waals surface area contributed by atoms with Crippen molar-refractivity contribution in [2.45, 2.75) is 25.7 Å². The third kappa shape index (κ3) is 3.62. The van der Waals surface area contributed by atoms with Gasteiger partial charge in [0.1, 0.15) is 11.6 Å². The summed E-state index contributed by atoms with van der Waals surface area (Å²) in [6.07, 6.45) is 9.20. The van der Waals surface area contributed by atoms with E-state index in [0.29, 0.717) is 18.7 Å². The van der Waals surface area contributed by atoms with Crippen LogP contribution in [0.4, 0.5) is 4.39 Å². The molecule has 3 aromatic rings. The Hall–Kier alpha value is -3.67. The highest BCUT2D eigenvalue weighted by atomic mass is 19.1. The minimum absolute atomic E-state index is 0.0420. The number of fused-ring (bicyclic) bond motifs is 1. The number of imidazole rings is 1. The number of allylic oxidation sites excluding steroid dienone is 2. The number of carbonyl (C=O) groups is 1. The molecule has 0 saturated carbocycles. The van der Waals surface area contributed by atoms with Gasteiger partial charge >= 0.3 is 0 Å². The lowest BCUT2D eigenvalue weighted by atomic mass is 9.92. The topological polar surface area (TPSA) is 47.4 Å². The van der Waals surface area contributed by atoms with Gasteiger partial charge in [-0.05, 0) is 61.2 Å². The van der Waals surface area contributed by atoms with Crippen molar-refractivity contribution in [2.75, 3.05) is 13.7 Å². The zero-order valence-corrected chi connectivity index (χ0v) is 18.1. The Bertz CT molecular complexity index is 1240. The molecule has 5 rings (SSSR count). The Morgan fingerprint density at radius 1 is 1.19 bits per heavy atom. The van der Waals surface area contributed by atoms with Crippen molar-refractivity contribution >= 4 is 12.0 Å². The van der Waals surface area contributed by atoms with Crippen molar-refractivity contribution in [3.8, 4) is 11.4 Å². The van der Waals surface area contributed by atoms with Crippen LogP contribution in [0.3, 0.4) is 0 Å². The fourth-order valence-electron chi connectivity index (χ4n) is 4.57. The van der Waals surface area contributed by atoms with Gasteiger partial charge in [-0.1, -0.05) is 24.3 Å². The Morgan fingerprint density at radius 3 is 2.72 bits per heavy atom. The number of amides is 1. The van der Waals surface area contributed by atoms with Gasteiger partial charge in [-0.3, -0.25) is 4.79 Å². The standard InChI is InChI=1S/C26H24FN3O2/c1-17-15-29(16-28-17)24-9-3-18(14-25(24)32-2)13-20-6-10-23-22(11-12-30(23)26(20)31)19-4-7-21(27)8-5-19/h3-5,7-10,13-16,22H,6,11-12H2,1-2H3. The minimum Gasteiger partial charge on any atom is -0.495 e. The molecule has 0 aliphatic carbocycles. The minimum atomic E-state index is -0.243. The first kappa shape index (κ1) is 20.2. The van der Waals surface area contributed by atoms with Gasteiger partial charge in [-0.15, -0.1) is 0 Å². The predicted octanol–water partition coefficient (Wildman–Crippen LogP) is 5.02. The Labute approximate surface area is 186 Å². The molecule has 2 aromatic carbocycles. The van der Waals surface area contributed by atoms with E-state index < -0.39 is 0 Å². The van der Waals surface area contributed by atoms with Crippen LogP contribution in [-0.2, 0) is 4.79 Å². The third-order valence-corrected chi connectivity index (χ3v) is 6.17. The van der Waals surface area contributed by atoms with Crippen LogP contribution in [0.5, 0.6) is 5.75 Å². The van der Waals surface area contributed by atoms with E-state index in [9.17, 15) is 9.18 Å². The van der Waals surface area contributed by atoms with E-state index in [1.165, 1.54) is 12.1 Å². The second-order valence-electron chi connectivity index (χ2n) is 8.21. The number of rotatable bonds is 4. The molecular formula is C26H24FN3O2. The highest BCUT2D eigenvalue weighted by Crippen LogP contribution is 2.40. The first-order valence-corrected chi connectivity index (χ1v) is 10.7. The molecule has 32 heavy (non-hydrogen) atoms. The van der Waals surface area contributed by atoms with Crippen LogP contribution in [0.2, 0.25) is 0 Å². The van der Waals surface area contributed by atoms with Crippen molar-refractivity contribution in [1.29, 1.82) is 0 Å². The molecule has 0 radical (unpaired) electrons. The van der Waals surface area contributed by atoms with E-state index in [1.807, 2.05) is 59.0 Å². The largest absolute Gasteiger partial charge is 0.495 e. The van der Waals surface area contributed by atoms with Gasteiger partial charge in [-0.25, -0.2) is 9.37 Å². The van der Waals surface area contributed by atoms with E-state index in [4.69, 9.17) is 4.74 Å². The summed E-state index contributed by atoms with van der Waals surface area (Å²) in [7, 11) is 1.64. The summed E-state index contributed by atoms with van der Waals surface area (Å²) in [5.41, 5.74) is 5.57. The maximum absolute atomic E-state index is 13.3. The van der Waals surface area contributed by atoms with E-state index in [0.717, 1.165) is 40.2 Å². The van der Waals surface area contributed by atoms with Crippen LogP contribution >= 0.6 is 0 Å². The van der Waals surface area contributed by atoms with Crippen LogP contribution in [-0.4, -0.2) is 34.0 Å². The summed E-state index contributed by atoms with van der Waals surface area (Å²) < 4.78 is 20.8. The van der Waals surface area contributed by atoms with Crippen LogP contribution in [0.1, 0.15) is 35.6 Å². The molecule has 5 nitrogen and oxygen atoms in total. The maximum Gasteiger partial charge on any atom is 0.254 e. The van der Waals surface area contributed by atoms with Gasteiger partial charge in [0.05, 0.1) is 24.8 Å². The number of nitrogens with zero attached hydrogens (tertiary/aromatic N) is 3. The fourth-order valence-corrected chi connectivity index (χ4v) is 4.57. The second-order valence-corrected chi connectivity index (χ2v) is 8.21. The van der Waals surface area contributed by atoms with Crippen molar-refractivity contribution < 1.29 is 13.9 Å². The zero-order valence-electron chi connectivity index (χ0n) is 18.1. The molecule has 2 aliphatic heterocycles. The normalized spacial score (nSPS) is 19.3. The lowest BCUT2D eigenvalue weighted by molar-refractivity contribution is -0.125. The van der Waals surface area contributed by atoms with Gasteiger partial charge in [-0.2, -0.15) is 0 Å². The third-order valence-electron chi connectivity index (χ3n) is 6.17. The molecule has 1 saturated heterocycles. The SMILES string of the molecule is COc1cc(C=C2CC=C3C(c4ccc(F)cc4)CCN3C2=O)ccc1-n1cnc(C)c1. The molecule has 0 spiro atoms. The number of aromatic nitrogens is 2. The maximum atomic E-state index is 13.3. The monoisotopic (exact) mass is 429 g/mol. The Balaban J connectivity index is 1.42. The van der Waals surface area contributed by atoms with Gasteiger partial charge in [0, 0.05) is 29.9 Å². The highest BCUT2D eigenvalue weighted by Gasteiger charge is 2.36. The Morgan fingerprint density at radius 2 is 2.00 bits per heavy atom. The van der Waals surface area contributed by atoms with Crippen molar-refractivity contribution in [2.24, 2.45) is 0 Å². The summed E-state index contributed by atoms with van der Waals surface area (Å²) >= 11 is 0. The molecule has 1 amide bonds. The fraction of sp³-hybridized carbons (Fsp3) is 0.231. The number of ether oxygens (including phenoxy) is 1. The van der Waals surface area contributed by atoms with Gasteiger partial charge in [0.2, 0.25) is 0 Å². The number of halogens is 1. The number of hydrogen-bond donors (Lipinski definition) is 0. The van der Waals surface area contributed by atoms with Crippen LogP contribution < -0.4 is 4.74 Å². The van der Waals surface area contributed by atoms with Crippen molar-refractivity contribution in [3.05, 3.63) is 95.0 Å². The summed E-state index contributed by atoms with van der Waals surface area (Å²) in [6, 6.07) is 12.5. The molecule has 1 atom stereocenters. The van der Waals surface area contributed by atoms with Crippen LogP contribution in [0, 0.1) is 12.7 Å². The number of methoxy groups -OCH3 is 1. The number of hydrogen-bond acceptors (Lipinski definition) is 3. The Kier molecular flexibility index (Phi) is 5.13. The first-order valence-electron chi connectivity index (χ1n) is 10.7. The predicted molar refractivity (Wildman–Crippen MR) is 121 cm³/mol. The smallest absolute Gasteiger partial charge is 0.254 e. The zero-order chi connectivity index (χ0) is 22.2. The molecule has 0 bridgehead atoms. The number of aryl methyl sites for hydroxylation is 1. The molecule has 2 aliphatic rings. The highest BCUT2D eigenvalue weighted by molar-refractivity contribution is 6.00. The van der Waals surface area contributed by atoms with Gasteiger partial charge in [0.25, 0.3) is 5.91 Å². The lowest BCUT2D eigenvalue weighted by Crippen LogP contribution is -2.31. The van der Waals surface area contributed by atoms with E-state index in [-0.39, 0.29) is 17.6 Å². The average molecular weight is 429 g/mol. The molecule has 6 heteroatoms. The summed E-state index contributed by atoms with van der Waals surface area (Å²) in [4.78, 5) is 19.3. The molecular weight excluding hydrogens is 405 g/mol. The van der Waals surface area contributed by atoms with Crippen molar-refractivity contribution in [1.82, 2.24) is 14.5 Å². The quantitative estimate of drug-likeness (QED) is 0.548. The summed E-state index contributed by atoms with van der Waals surface area (Å²) in [6.45, 7) is 2.61. The van der Waals surface area contributed by atoms with Gasteiger partial charge < -0.3 is 14.2 Å². The summed E-state index contributed by atoms with van der Waals surface area (Å²) in [5, 5.41) is 0. The average Bonchev–Trinajstić information content (AvgIpc) is 3.43. The number of carbonyl (C=O) groups excluding carboxylic acids is 1. The van der Waals surface area contributed by atoms with E-state index in [1.54, 1.807) is 13.4 Å². The first-order chi connectivity index (χ1) is 15.5. The van der Waals surface area contributed by atoms with Crippen LogP contribution in [0.15, 0.2) is 72.3 Å². The van der Waals surface area contributed by atoms with Crippen LogP contribution in [0.25, 0.3) is 11.8 Å². The van der Waals surface area contributed by atoms with Gasteiger partial charge in [0.15, 0.2) is 0 Å². The van der Waals surface area contributed by atoms with E-state index >= 15 is 0 Å². The van der Waals surface area contributed by atoms with E-state index in [2.05, 4.69) is 11.1 Å². The molecule has 1 aromatic heterocycles. The molecule has 0 N–H and O–H groups in total. The number of benzene rings is 2. The van der Waals surface area contributed by atoms with Crippen molar-refractivity contribution in [3.63, 3.8) is 0 Å². The molecule has 1 fully saturated rings. The lowest BCUT2D eigenvalue weighted by Gasteiger charge is -2.26. The summed E-state index contributed by atoms with van der Waals surface area (Å²) in [5.74, 6) is 0.653. The molecule has 3 heterocycles.